The van der Waals surface area contributed by atoms with Gasteiger partial charge in [-0.15, -0.1) is 0 Å². The fourth-order valence-electron chi connectivity index (χ4n) is 3.33. The fraction of sp³-hybridized carbons (Fsp3) is 0.350. The van der Waals surface area contributed by atoms with Crippen molar-refractivity contribution in [1.29, 1.82) is 0 Å². The minimum absolute atomic E-state index is 0.00284. The Morgan fingerprint density at radius 3 is 2.38 bits per heavy atom. The number of nitrogens with two attached hydrogens (primary N) is 1. The van der Waals surface area contributed by atoms with Gasteiger partial charge in [0.2, 0.25) is 0 Å². The lowest BCUT2D eigenvalue weighted by Gasteiger charge is -2.23. The van der Waals surface area contributed by atoms with Gasteiger partial charge in [0.05, 0.1) is 0 Å². The normalized spacial score (nSPS) is 21.7. The van der Waals surface area contributed by atoms with Crippen molar-refractivity contribution in [1.82, 2.24) is 4.90 Å². The highest BCUT2D eigenvalue weighted by Gasteiger charge is 2.37. The largest absolute Gasteiger partial charge is 0.364 e. The van der Waals surface area contributed by atoms with E-state index in [0.29, 0.717) is 19.7 Å². The molecule has 3 atom stereocenters. The summed E-state index contributed by atoms with van der Waals surface area (Å²) in [4.78, 5) is 14.8. The van der Waals surface area contributed by atoms with Gasteiger partial charge in [-0.3, -0.25) is 4.79 Å². The molecule has 4 heteroatoms. The van der Waals surface area contributed by atoms with Gasteiger partial charge in [-0.25, -0.2) is 0 Å². The lowest BCUT2D eigenvalue weighted by molar-refractivity contribution is -0.143. The minimum Gasteiger partial charge on any atom is -0.364 e. The summed E-state index contributed by atoms with van der Waals surface area (Å²) in [6, 6.07) is 19.8. The third-order valence-electron chi connectivity index (χ3n) is 4.56. The molecule has 0 aromatic heterocycles. The van der Waals surface area contributed by atoms with Gasteiger partial charge in [-0.2, -0.15) is 0 Å². The second-order valence-electron chi connectivity index (χ2n) is 6.17. The Balaban J connectivity index is 1.77. The second kappa shape index (κ2) is 7.60. The number of ether oxygens (including phenoxy) is 1. The van der Waals surface area contributed by atoms with Crippen LogP contribution < -0.4 is 5.73 Å². The maximum Gasteiger partial charge on any atom is 0.256 e. The van der Waals surface area contributed by atoms with Gasteiger partial charge in [0.15, 0.2) is 6.10 Å². The van der Waals surface area contributed by atoms with Crippen molar-refractivity contribution in [3.63, 3.8) is 0 Å². The Bertz CT molecular complexity index is 660. The van der Waals surface area contributed by atoms with Crippen LogP contribution in [0.25, 0.3) is 0 Å². The molecule has 24 heavy (non-hydrogen) atoms. The molecule has 0 saturated carbocycles. The molecule has 2 N–H and O–H groups in total. The molecule has 0 radical (unpaired) electrons. The first-order valence-corrected chi connectivity index (χ1v) is 8.46. The van der Waals surface area contributed by atoms with Crippen molar-refractivity contribution in [2.75, 3.05) is 19.7 Å². The highest BCUT2D eigenvalue weighted by atomic mass is 16.5. The summed E-state index contributed by atoms with van der Waals surface area (Å²) in [6.07, 6.45) is -0.557. The smallest absolute Gasteiger partial charge is 0.256 e. The highest BCUT2D eigenvalue weighted by Crippen LogP contribution is 2.29. The summed E-state index contributed by atoms with van der Waals surface area (Å²) < 4.78 is 5.75. The van der Waals surface area contributed by atoms with Crippen molar-refractivity contribution in [3.05, 3.63) is 71.8 Å². The van der Waals surface area contributed by atoms with E-state index >= 15 is 0 Å². The first-order valence-electron chi connectivity index (χ1n) is 8.46. The zero-order chi connectivity index (χ0) is 16.9. The van der Waals surface area contributed by atoms with E-state index in [2.05, 4.69) is 12.1 Å². The van der Waals surface area contributed by atoms with Crippen LogP contribution in [0.3, 0.4) is 0 Å². The van der Waals surface area contributed by atoms with Crippen LogP contribution in [0, 0.1) is 0 Å². The molecule has 1 amide bonds. The molecule has 1 saturated heterocycles. The van der Waals surface area contributed by atoms with E-state index in [4.69, 9.17) is 10.5 Å². The first kappa shape index (κ1) is 16.7. The summed E-state index contributed by atoms with van der Waals surface area (Å²) in [6.45, 7) is 3.61. The van der Waals surface area contributed by atoms with Crippen LogP contribution in [0.4, 0.5) is 0 Å². The minimum atomic E-state index is -0.557. The van der Waals surface area contributed by atoms with E-state index in [1.807, 2.05) is 60.4 Å². The number of carbonyl (C=O) groups excluding carboxylic acids is 1. The zero-order valence-corrected chi connectivity index (χ0v) is 14.0. The molecule has 4 nitrogen and oxygen atoms in total. The Kier molecular flexibility index (Phi) is 5.28. The number of likely N-dealkylation sites (tertiary alicyclic amines) is 1. The lowest BCUT2D eigenvalue weighted by atomic mass is 9.95. The maximum absolute atomic E-state index is 13.0. The third kappa shape index (κ3) is 3.50. The SMILES string of the molecule is CCOC(C(=O)N1C[C@@H](N)[C@H](c2ccccc2)C1)c1ccccc1. The molecule has 1 aliphatic rings. The Hall–Kier alpha value is -2.17. The van der Waals surface area contributed by atoms with Crippen LogP contribution in [0.1, 0.15) is 30.1 Å². The molecule has 1 unspecified atom stereocenters. The zero-order valence-electron chi connectivity index (χ0n) is 14.0. The fourth-order valence-corrected chi connectivity index (χ4v) is 3.33. The van der Waals surface area contributed by atoms with Crippen molar-refractivity contribution in [2.45, 2.75) is 25.0 Å². The van der Waals surface area contributed by atoms with Crippen molar-refractivity contribution < 1.29 is 9.53 Å². The average molecular weight is 324 g/mol. The summed E-state index contributed by atoms with van der Waals surface area (Å²) >= 11 is 0. The molecular formula is C20H24N2O2. The van der Waals surface area contributed by atoms with Gasteiger partial charge >= 0.3 is 0 Å². The van der Waals surface area contributed by atoms with Gasteiger partial charge in [0.1, 0.15) is 0 Å². The molecule has 0 aliphatic carbocycles. The van der Waals surface area contributed by atoms with Crippen LogP contribution in [0.15, 0.2) is 60.7 Å². The average Bonchev–Trinajstić information content (AvgIpc) is 3.02. The van der Waals surface area contributed by atoms with Crippen molar-refractivity contribution >= 4 is 5.91 Å². The third-order valence-corrected chi connectivity index (χ3v) is 4.56. The Morgan fingerprint density at radius 2 is 1.75 bits per heavy atom. The predicted octanol–water partition coefficient (Wildman–Crippen LogP) is 2.72. The number of hydrogen-bond donors (Lipinski definition) is 1. The van der Waals surface area contributed by atoms with E-state index in [0.717, 1.165) is 5.56 Å². The monoisotopic (exact) mass is 324 g/mol. The molecular weight excluding hydrogens is 300 g/mol. The van der Waals surface area contributed by atoms with Gasteiger partial charge in [-0.05, 0) is 18.1 Å². The molecule has 1 aliphatic heterocycles. The molecule has 3 rings (SSSR count). The Labute approximate surface area is 143 Å². The molecule has 1 fully saturated rings. The molecule has 2 aromatic rings. The van der Waals surface area contributed by atoms with Crippen molar-refractivity contribution in [2.24, 2.45) is 5.73 Å². The van der Waals surface area contributed by atoms with E-state index in [1.165, 1.54) is 5.56 Å². The summed E-state index contributed by atoms with van der Waals surface area (Å²) in [5.41, 5.74) is 8.40. The quantitative estimate of drug-likeness (QED) is 0.920. The predicted molar refractivity (Wildman–Crippen MR) is 94.5 cm³/mol. The molecule has 0 spiro atoms. The van der Waals surface area contributed by atoms with Crippen molar-refractivity contribution in [3.8, 4) is 0 Å². The number of hydrogen-bond acceptors (Lipinski definition) is 3. The number of rotatable bonds is 5. The summed E-state index contributed by atoms with van der Waals surface area (Å²) in [5, 5.41) is 0. The Morgan fingerprint density at radius 1 is 1.12 bits per heavy atom. The van der Waals surface area contributed by atoms with E-state index in [-0.39, 0.29) is 17.9 Å². The van der Waals surface area contributed by atoms with Crippen LogP contribution in [0.5, 0.6) is 0 Å². The van der Waals surface area contributed by atoms with Crippen LogP contribution in [-0.2, 0) is 9.53 Å². The molecule has 0 bridgehead atoms. The second-order valence-corrected chi connectivity index (χ2v) is 6.17. The van der Waals surface area contributed by atoms with Crippen LogP contribution >= 0.6 is 0 Å². The first-order chi connectivity index (χ1) is 11.7. The van der Waals surface area contributed by atoms with Gasteiger partial charge < -0.3 is 15.4 Å². The number of nitrogens with zero attached hydrogens (tertiary/aromatic N) is 1. The van der Waals surface area contributed by atoms with E-state index < -0.39 is 6.10 Å². The highest BCUT2D eigenvalue weighted by molar-refractivity contribution is 5.83. The number of carbonyl (C=O) groups is 1. The van der Waals surface area contributed by atoms with E-state index in [1.54, 1.807) is 0 Å². The lowest BCUT2D eigenvalue weighted by Crippen LogP contribution is -2.36. The van der Waals surface area contributed by atoms with E-state index in [9.17, 15) is 4.79 Å². The number of benzene rings is 2. The molecule has 2 aromatic carbocycles. The summed E-state index contributed by atoms with van der Waals surface area (Å²) in [5.74, 6) is 0.171. The molecule has 1 heterocycles. The topological polar surface area (TPSA) is 55.6 Å². The standard InChI is InChI=1S/C20H24N2O2/c1-2-24-19(16-11-7-4-8-12-16)20(23)22-13-17(18(21)14-22)15-9-5-3-6-10-15/h3-12,17-19H,2,13-14,21H2,1H3/t17-,18+,19?/m0/s1. The van der Waals surface area contributed by atoms with Gasteiger partial charge in [0.25, 0.3) is 5.91 Å². The van der Waals surface area contributed by atoms with Gasteiger partial charge in [0, 0.05) is 31.7 Å². The van der Waals surface area contributed by atoms with Crippen LogP contribution in [-0.4, -0.2) is 36.5 Å². The molecule has 126 valence electrons. The summed E-state index contributed by atoms with van der Waals surface area (Å²) in [7, 11) is 0. The number of amides is 1. The van der Waals surface area contributed by atoms with Crippen LogP contribution in [0.2, 0.25) is 0 Å². The maximum atomic E-state index is 13.0. The van der Waals surface area contributed by atoms with Gasteiger partial charge in [-0.1, -0.05) is 60.7 Å².